The molecular formula is C7H13FO2. The lowest BCUT2D eigenvalue weighted by atomic mass is 10.0. The van der Waals surface area contributed by atoms with Gasteiger partial charge in [-0.15, -0.1) is 0 Å². The average Bonchev–Trinajstić information content (AvgIpc) is 1.59. The van der Waals surface area contributed by atoms with Crippen LogP contribution in [0, 0.1) is 0 Å². The molecule has 0 aliphatic rings. The number of halogens is 1. The smallest absolute Gasteiger partial charge is 0.303 e. The summed E-state index contributed by atoms with van der Waals surface area (Å²) in [6.07, 6.45) is 0.797. The molecule has 2 nitrogen and oxygen atoms in total. The second-order valence-corrected chi connectivity index (χ2v) is 2.97. The number of carbonyl (C=O) groups is 1. The van der Waals surface area contributed by atoms with Gasteiger partial charge in [0.1, 0.15) is 5.67 Å². The molecule has 0 radical (unpaired) electrons. The minimum atomic E-state index is -1.23. The molecule has 3 heteroatoms. The van der Waals surface area contributed by atoms with Gasteiger partial charge in [0.15, 0.2) is 0 Å². The third-order valence-corrected chi connectivity index (χ3v) is 1.16. The van der Waals surface area contributed by atoms with Gasteiger partial charge in [0.25, 0.3) is 0 Å². The number of carboxylic acid groups (broad SMARTS) is 1. The molecule has 0 aromatic rings. The molecule has 0 rings (SSSR count). The Bertz CT molecular complexity index is 115. The Balaban J connectivity index is 3.29. The minimum Gasteiger partial charge on any atom is -0.481 e. The maximum atomic E-state index is 12.6. The Labute approximate surface area is 60.1 Å². The second-order valence-electron chi connectivity index (χ2n) is 2.97. The summed E-state index contributed by atoms with van der Waals surface area (Å²) in [5.41, 5.74) is -1.23. The number of hydrogen-bond acceptors (Lipinski definition) is 1. The fourth-order valence-corrected chi connectivity index (χ4v) is 0.660. The standard InChI is InChI=1S/C7H13FO2/c1-7(2,8)5-3-4-6(9)10/h3-5H2,1-2H3,(H,9,10). The lowest BCUT2D eigenvalue weighted by Crippen LogP contribution is -2.11. The summed E-state index contributed by atoms with van der Waals surface area (Å²) in [4.78, 5) is 9.96. The average molecular weight is 148 g/mol. The van der Waals surface area contributed by atoms with Crippen molar-refractivity contribution in [1.82, 2.24) is 0 Å². The van der Waals surface area contributed by atoms with Crippen LogP contribution in [0.5, 0.6) is 0 Å². The van der Waals surface area contributed by atoms with E-state index in [-0.39, 0.29) is 6.42 Å². The van der Waals surface area contributed by atoms with Crippen LogP contribution in [0.3, 0.4) is 0 Å². The first-order chi connectivity index (χ1) is 4.42. The van der Waals surface area contributed by atoms with Gasteiger partial charge in [-0.3, -0.25) is 4.79 Å². The number of hydrogen-bond donors (Lipinski definition) is 1. The summed E-state index contributed by atoms with van der Waals surface area (Å²) in [6.45, 7) is 2.91. The molecular weight excluding hydrogens is 135 g/mol. The first-order valence-electron chi connectivity index (χ1n) is 3.32. The molecule has 0 aliphatic carbocycles. The monoisotopic (exact) mass is 148 g/mol. The zero-order valence-corrected chi connectivity index (χ0v) is 6.35. The van der Waals surface area contributed by atoms with E-state index in [0.717, 1.165) is 0 Å². The van der Waals surface area contributed by atoms with Crippen molar-refractivity contribution in [2.45, 2.75) is 38.8 Å². The van der Waals surface area contributed by atoms with Crippen LogP contribution >= 0.6 is 0 Å². The van der Waals surface area contributed by atoms with E-state index in [0.29, 0.717) is 12.8 Å². The predicted molar refractivity (Wildman–Crippen MR) is 36.7 cm³/mol. The van der Waals surface area contributed by atoms with Gasteiger partial charge in [-0.05, 0) is 26.7 Å². The van der Waals surface area contributed by atoms with E-state index in [1.807, 2.05) is 0 Å². The maximum Gasteiger partial charge on any atom is 0.303 e. The highest BCUT2D eigenvalue weighted by atomic mass is 19.1. The Morgan fingerprint density at radius 1 is 1.60 bits per heavy atom. The van der Waals surface area contributed by atoms with Gasteiger partial charge in [0.05, 0.1) is 0 Å². The molecule has 1 N–H and O–H groups in total. The van der Waals surface area contributed by atoms with Crippen molar-refractivity contribution in [2.24, 2.45) is 0 Å². The third kappa shape index (κ3) is 7.40. The van der Waals surface area contributed by atoms with E-state index in [9.17, 15) is 9.18 Å². The van der Waals surface area contributed by atoms with E-state index in [1.54, 1.807) is 0 Å². The van der Waals surface area contributed by atoms with Crippen molar-refractivity contribution in [3.05, 3.63) is 0 Å². The van der Waals surface area contributed by atoms with E-state index in [2.05, 4.69) is 0 Å². The number of aliphatic carboxylic acids is 1. The molecule has 0 aromatic heterocycles. The molecule has 0 atom stereocenters. The summed E-state index contributed by atoms with van der Waals surface area (Å²) < 4.78 is 12.6. The van der Waals surface area contributed by atoms with Crippen LogP contribution in [0.4, 0.5) is 4.39 Å². The van der Waals surface area contributed by atoms with Crippen molar-refractivity contribution in [1.29, 1.82) is 0 Å². The molecule has 0 bridgehead atoms. The summed E-state index contributed by atoms with van der Waals surface area (Å²) in [5, 5.41) is 8.19. The summed E-state index contributed by atoms with van der Waals surface area (Å²) >= 11 is 0. The Hall–Kier alpha value is -0.600. The van der Waals surface area contributed by atoms with Crippen molar-refractivity contribution < 1.29 is 14.3 Å². The Morgan fingerprint density at radius 2 is 2.10 bits per heavy atom. The Kier molecular flexibility index (Phi) is 3.33. The van der Waals surface area contributed by atoms with Gasteiger partial charge < -0.3 is 5.11 Å². The van der Waals surface area contributed by atoms with Gasteiger partial charge >= 0.3 is 5.97 Å². The Morgan fingerprint density at radius 3 is 2.40 bits per heavy atom. The van der Waals surface area contributed by atoms with Crippen molar-refractivity contribution in [3.8, 4) is 0 Å². The molecule has 0 saturated heterocycles. The fraction of sp³-hybridized carbons (Fsp3) is 0.857. The van der Waals surface area contributed by atoms with Crippen molar-refractivity contribution in [2.75, 3.05) is 0 Å². The highest BCUT2D eigenvalue weighted by molar-refractivity contribution is 5.66. The van der Waals surface area contributed by atoms with E-state index in [4.69, 9.17) is 5.11 Å². The molecule has 0 aromatic carbocycles. The quantitative estimate of drug-likeness (QED) is 0.662. The largest absolute Gasteiger partial charge is 0.481 e. The molecule has 0 aliphatic heterocycles. The first kappa shape index (κ1) is 9.40. The van der Waals surface area contributed by atoms with Crippen LogP contribution in [-0.2, 0) is 4.79 Å². The van der Waals surface area contributed by atoms with Crippen molar-refractivity contribution in [3.63, 3.8) is 0 Å². The van der Waals surface area contributed by atoms with Crippen LogP contribution in [0.15, 0.2) is 0 Å². The first-order valence-corrected chi connectivity index (χ1v) is 3.32. The summed E-state index contributed by atoms with van der Waals surface area (Å²) in [7, 11) is 0. The van der Waals surface area contributed by atoms with Gasteiger partial charge in [-0.1, -0.05) is 0 Å². The molecule has 0 unspecified atom stereocenters. The van der Waals surface area contributed by atoms with Crippen LogP contribution in [0.25, 0.3) is 0 Å². The summed E-state index contributed by atoms with van der Waals surface area (Å²) in [5.74, 6) is -0.857. The number of alkyl halides is 1. The topological polar surface area (TPSA) is 37.3 Å². The summed E-state index contributed by atoms with van der Waals surface area (Å²) in [6, 6.07) is 0. The van der Waals surface area contributed by atoms with Crippen LogP contribution in [0.2, 0.25) is 0 Å². The zero-order chi connectivity index (χ0) is 8.20. The molecule has 10 heavy (non-hydrogen) atoms. The lowest BCUT2D eigenvalue weighted by Gasteiger charge is -2.11. The van der Waals surface area contributed by atoms with Gasteiger partial charge in [-0.2, -0.15) is 0 Å². The van der Waals surface area contributed by atoms with Crippen molar-refractivity contribution >= 4 is 5.97 Å². The zero-order valence-electron chi connectivity index (χ0n) is 6.35. The molecule has 0 spiro atoms. The highest BCUT2D eigenvalue weighted by Gasteiger charge is 2.14. The fourth-order valence-electron chi connectivity index (χ4n) is 0.660. The van der Waals surface area contributed by atoms with Crippen LogP contribution in [-0.4, -0.2) is 16.7 Å². The number of carboxylic acids is 1. The lowest BCUT2D eigenvalue weighted by molar-refractivity contribution is -0.137. The maximum absolute atomic E-state index is 12.6. The molecule has 0 saturated carbocycles. The third-order valence-electron chi connectivity index (χ3n) is 1.16. The van der Waals surface area contributed by atoms with Crippen LogP contribution < -0.4 is 0 Å². The molecule has 60 valence electrons. The minimum absolute atomic E-state index is 0.0628. The normalized spacial score (nSPS) is 11.5. The van der Waals surface area contributed by atoms with Gasteiger partial charge in [0, 0.05) is 6.42 Å². The van der Waals surface area contributed by atoms with Gasteiger partial charge in [-0.25, -0.2) is 4.39 Å². The predicted octanol–water partition coefficient (Wildman–Crippen LogP) is 1.99. The highest BCUT2D eigenvalue weighted by Crippen LogP contribution is 2.16. The number of rotatable bonds is 4. The second kappa shape index (κ2) is 3.54. The molecule has 0 fully saturated rings. The van der Waals surface area contributed by atoms with Gasteiger partial charge in [0.2, 0.25) is 0 Å². The van der Waals surface area contributed by atoms with E-state index in [1.165, 1.54) is 13.8 Å². The SMILES string of the molecule is CC(C)(F)CCCC(=O)O. The molecule has 0 amide bonds. The van der Waals surface area contributed by atoms with E-state index >= 15 is 0 Å². The van der Waals surface area contributed by atoms with Crippen LogP contribution in [0.1, 0.15) is 33.1 Å². The van der Waals surface area contributed by atoms with E-state index < -0.39 is 11.6 Å². The molecule has 0 heterocycles.